The van der Waals surface area contributed by atoms with E-state index in [0.717, 1.165) is 0 Å². The minimum Gasteiger partial charge on any atom is -0.497 e. The standard InChI is InChI=1S/C18H23N3O4S.ClH/c1-13(19)10-11-20-18(22)14-4-3-5-17(12-14)26(23,24)21-15-6-8-16(25-2)9-7-15;/h3-9,12-13,21H,10-11,19H2,1-2H3,(H,20,22);1H. The van der Waals surface area contributed by atoms with Gasteiger partial charge in [0.1, 0.15) is 5.75 Å². The average Bonchev–Trinajstić information content (AvgIpc) is 2.62. The van der Waals surface area contributed by atoms with E-state index in [2.05, 4.69) is 10.0 Å². The van der Waals surface area contributed by atoms with Gasteiger partial charge in [0.15, 0.2) is 0 Å². The second-order valence-electron chi connectivity index (χ2n) is 5.88. The first kappa shape index (κ1) is 22.8. The van der Waals surface area contributed by atoms with E-state index in [9.17, 15) is 13.2 Å². The summed E-state index contributed by atoms with van der Waals surface area (Å²) >= 11 is 0. The van der Waals surface area contributed by atoms with Crippen molar-refractivity contribution >= 4 is 34.0 Å². The van der Waals surface area contributed by atoms with Crippen LogP contribution in [0.3, 0.4) is 0 Å². The molecule has 0 radical (unpaired) electrons. The smallest absolute Gasteiger partial charge is 0.261 e. The molecule has 9 heteroatoms. The van der Waals surface area contributed by atoms with E-state index < -0.39 is 10.0 Å². The molecule has 2 aromatic rings. The third kappa shape index (κ3) is 6.74. The van der Waals surface area contributed by atoms with Crippen LogP contribution in [-0.4, -0.2) is 34.0 Å². The van der Waals surface area contributed by atoms with Gasteiger partial charge in [-0.05, 0) is 55.8 Å². The van der Waals surface area contributed by atoms with E-state index in [0.29, 0.717) is 24.4 Å². The Hall–Kier alpha value is -2.29. The number of rotatable bonds is 8. The zero-order valence-electron chi connectivity index (χ0n) is 15.1. The van der Waals surface area contributed by atoms with Gasteiger partial charge in [-0.1, -0.05) is 6.07 Å². The summed E-state index contributed by atoms with van der Waals surface area (Å²) in [7, 11) is -2.28. The lowest BCUT2D eigenvalue weighted by Crippen LogP contribution is -2.29. The number of sulfonamides is 1. The summed E-state index contributed by atoms with van der Waals surface area (Å²) in [5.41, 5.74) is 6.31. The van der Waals surface area contributed by atoms with Crippen molar-refractivity contribution in [1.29, 1.82) is 0 Å². The predicted molar refractivity (Wildman–Crippen MR) is 108 cm³/mol. The number of amides is 1. The molecule has 0 aliphatic rings. The molecule has 1 atom stereocenters. The molecule has 4 N–H and O–H groups in total. The molecule has 0 aliphatic carbocycles. The summed E-state index contributed by atoms with van der Waals surface area (Å²) in [5.74, 6) is 0.283. The molecule has 1 unspecified atom stereocenters. The number of carbonyl (C=O) groups is 1. The Morgan fingerprint density at radius 3 is 2.44 bits per heavy atom. The maximum atomic E-state index is 12.5. The molecule has 7 nitrogen and oxygen atoms in total. The minimum atomic E-state index is -3.81. The van der Waals surface area contributed by atoms with Crippen molar-refractivity contribution in [2.24, 2.45) is 5.73 Å². The first-order valence-electron chi connectivity index (χ1n) is 8.12. The van der Waals surface area contributed by atoms with E-state index in [4.69, 9.17) is 10.5 Å². The first-order valence-corrected chi connectivity index (χ1v) is 9.61. The normalized spacial score (nSPS) is 11.8. The zero-order chi connectivity index (χ0) is 19.2. The maximum absolute atomic E-state index is 12.5. The van der Waals surface area contributed by atoms with Crippen molar-refractivity contribution < 1.29 is 17.9 Å². The number of carbonyl (C=O) groups excluding carboxylic acids is 1. The highest BCUT2D eigenvalue weighted by Gasteiger charge is 2.16. The van der Waals surface area contributed by atoms with Crippen molar-refractivity contribution in [3.63, 3.8) is 0 Å². The van der Waals surface area contributed by atoms with Crippen LogP contribution >= 0.6 is 12.4 Å². The number of nitrogens with one attached hydrogen (secondary N) is 2. The molecule has 0 aliphatic heterocycles. The molecule has 0 saturated carbocycles. The molecular weight excluding hydrogens is 390 g/mol. The van der Waals surface area contributed by atoms with Gasteiger partial charge in [0.25, 0.3) is 15.9 Å². The number of benzene rings is 2. The number of methoxy groups -OCH3 is 1. The Labute approximate surface area is 165 Å². The summed E-state index contributed by atoms with van der Waals surface area (Å²) in [6.45, 7) is 2.28. The van der Waals surface area contributed by atoms with Gasteiger partial charge in [-0.3, -0.25) is 9.52 Å². The summed E-state index contributed by atoms with van der Waals surface area (Å²) in [5, 5.41) is 2.72. The lowest BCUT2D eigenvalue weighted by molar-refractivity contribution is 0.0952. The van der Waals surface area contributed by atoms with Crippen LogP contribution in [0.5, 0.6) is 5.75 Å². The van der Waals surface area contributed by atoms with Gasteiger partial charge in [-0.15, -0.1) is 12.4 Å². The number of nitrogens with two attached hydrogens (primary N) is 1. The molecule has 0 fully saturated rings. The number of halogens is 1. The molecule has 148 valence electrons. The van der Waals surface area contributed by atoms with Crippen molar-refractivity contribution in [3.8, 4) is 5.75 Å². The zero-order valence-corrected chi connectivity index (χ0v) is 16.8. The highest BCUT2D eigenvalue weighted by atomic mass is 35.5. The fraction of sp³-hybridized carbons (Fsp3) is 0.278. The van der Waals surface area contributed by atoms with Gasteiger partial charge in [0.2, 0.25) is 0 Å². The molecule has 1 amide bonds. The second-order valence-corrected chi connectivity index (χ2v) is 7.57. The lowest BCUT2D eigenvalue weighted by Gasteiger charge is -2.11. The van der Waals surface area contributed by atoms with Crippen molar-refractivity contribution in [1.82, 2.24) is 5.32 Å². The lowest BCUT2D eigenvalue weighted by atomic mass is 10.2. The quantitative estimate of drug-likeness (QED) is 0.615. The SMILES string of the molecule is COc1ccc(NS(=O)(=O)c2cccc(C(=O)NCCC(C)N)c2)cc1.Cl. The van der Waals surface area contributed by atoms with Crippen molar-refractivity contribution in [3.05, 3.63) is 54.1 Å². The maximum Gasteiger partial charge on any atom is 0.261 e. The van der Waals surface area contributed by atoms with Gasteiger partial charge in [-0.25, -0.2) is 8.42 Å². The molecule has 2 aromatic carbocycles. The molecule has 0 spiro atoms. The van der Waals surface area contributed by atoms with E-state index in [-0.39, 0.29) is 34.8 Å². The first-order chi connectivity index (χ1) is 12.3. The third-order valence-corrected chi connectivity index (χ3v) is 5.01. The van der Waals surface area contributed by atoms with Gasteiger partial charge in [0, 0.05) is 23.8 Å². The van der Waals surface area contributed by atoms with Crippen LogP contribution in [0.4, 0.5) is 5.69 Å². The monoisotopic (exact) mass is 413 g/mol. The third-order valence-electron chi connectivity index (χ3n) is 3.63. The van der Waals surface area contributed by atoms with Gasteiger partial charge < -0.3 is 15.8 Å². The van der Waals surface area contributed by atoms with Crippen LogP contribution in [0.25, 0.3) is 0 Å². The number of hydrogen-bond acceptors (Lipinski definition) is 5. The summed E-state index contributed by atoms with van der Waals surface area (Å²) in [4.78, 5) is 12.2. The summed E-state index contributed by atoms with van der Waals surface area (Å²) in [6.07, 6.45) is 0.642. The Kier molecular flexibility index (Phi) is 8.55. The Morgan fingerprint density at radius 2 is 1.85 bits per heavy atom. The van der Waals surface area contributed by atoms with Crippen LogP contribution in [0.15, 0.2) is 53.4 Å². The molecule has 0 saturated heterocycles. The van der Waals surface area contributed by atoms with E-state index in [1.807, 2.05) is 6.92 Å². The van der Waals surface area contributed by atoms with Crippen LogP contribution in [0.1, 0.15) is 23.7 Å². The largest absolute Gasteiger partial charge is 0.497 e. The Bertz CT molecular complexity index is 855. The average molecular weight is 414 g/mol. The van der Waals surface area contributed by atoms with Gasteiger partial charge >= 0.3 is 0 Å². The van der Waals surface area contributed by atoms with Crippen LogP contribution in [0.2, 0.25) is 0 Å². The van der Waals surface area contributed by atoms with Gasteiger partial charge in [0.05, 0.1) is 12.0 Å². The summed E-state index contributed by atoms with van der Waals surface area (Å²) in [6, 6.07) is 12.4. The molecule has 0 bridgehead atoms. The molecule has 0 aromatic heterocycles. The fourth-order valence-electron chi connectivity index (χ4n) is 2.19. The van der Waals surface area contributed by atoms with E-state index in [1.165, 1.54) is 25.3 Å². The van der Waals surface area contributed by atoms with Gasteiger partial charge in [-0.2, -0.15) is 0 Å². The number of ether oxygens (including phenoxy) is 1. The Balaban J connectivity index is 0.00000364. The highest BCUT2D eigenvalue weighted by Crippen LogP contribution is 2.20. The number of hydrogen-bond donors (Lipinski definition) is 3. The predicted octanol–water partition coefficient (Wildman–Crippen LogP) is 2.38. The van der Waals surface area contributed by atoms with Crippen LogP contribution in [-0.2, 0) is 10.0 Å². The molecule has 2 rings (SSSR count). The fourth-order valence-corrected chi connectivity index (χ4v) is 3.30. The second kappa shape index (κ2) is 10.1. The summed E-state index contributed by atoms with van der Waals surface area (Å²) < 4.78 is 32.6. The molecular formula is C18H24ClN3O4S. The highest BCUT2D eigenvalue weighted by molar-refractivity contribution is 7.92. The van der Waals surface area contributed by atoms with Crippen molar-refractivity contribution in [2.45, 2.75) is 24.3 Å². The topological polar surface area (TPSA) is 111 Å². The van der Waals surface area contributed by atoms with Crippen molar-refractivity contribution in [2.75, 3.05) is 18.4 Å². The minimum absolute atomic E-state index is 0. The Morgan fingerprint density at radius 1 is 1.19 bits per heavy atom. The van der Waals surface area contributed by atoms with Crippen LogP contribution in [0, 0.1) is 0 Å². The van der Waals surface area contributed by atoms with E-state index in [1.54, 1.807) is 30.3 Å². The van der Waals surface area contributed by atoms with Crippen LogP contribution < -0.4 is 20.5 Å². The van der Waals surface area contributed by atoms with E-state index >= 15 is 0 Å². The molecule has 27 heavy (non-hydrogen) atoms. The molecule has 0 heterocycles. The number of anilines is 1.